The molecule has 6 heteroatoms. The maximum atomic E-state index is 11.6. The Morgan fingerprint density at radius 3 is 2.76 bits per heavy atom. The summed E-state index contributed by atoms with van der Waals surface area (Å²) in [4.78, 5) is 38.1. The molecule has 1 aliphatic heterocycles. The molecule has 0 radical (unpaired) electrons. The van der Waals surface area contributed by atoms with E-state index >= 15 is 0 Å². The van der Waals surface area contributed by atoms with Gasteiger partial charge in [-0.3, -0.25) is 19.3 Å². The maximum Gasteiger partial charge on any atom is 0.308 e. The number of carboxylic acids is 1. The van der Waals surface area contributed by atoms with Crippen molar-refractivity contribution in [2.75, 3.05) is 11.4 Å². The van der Waals surface area contributed by atoms with Crippen LogP contribution in [0.3, 0.4) is 0 Å². The van der Waals surface area contributed by atoms with Crippen LogP contribution in [0.2, 0.25) is 0 Å². The van der Waals surface area contributed by atoms with Crippen LogP contribution in [0.5, 0.6) is 0 Å². The lowest BCUT2D eigenvalue weighted by atomic mass is 10.1. The number of rotatable bonds is 3. The Hall–Kier alpha value is -2.24. The van der Waals surface area contributed by atoms with Crippen molar-refractivity contribution in [1.82, 2.24) is 4.98 Å². The highest BCUT2D eigenvalue weighted by Crippen LogP contribution is 2.23. The van der Waals surface area contributed by atoms with Crippen molar-refractivity contribution in [3.05, 3.63) is 23.9 Å². The van der Waals surface area contributed by atoms with Crippen LogP contribution in [0.25, 0.3) is 0 Å². The standard InChI is InChI=1S/C11H10N2O4/c14-6-7-1-2-9(12-4-7)13-5-8(11(16)17)3-10(13)15/h1-2,4,6,8H,3,5H2,(H,16,17). The normalized spacial score (nSPS) is 19.4. The summed E-state index contributed by atoms with van der Waals surface area (Å²) in [5, 5.41) is 8.83. The second-order valence-corrected chi connectivity index (χ2v) is 3.81. The maximum absolute atomic E-state index is 11.6. The van der Waals surface area contributed by atoms with E-state index in [2.05, 4.69) is 4.98 Å². The summed E-state index contributed by atoms with van der Waals surface area (Å²) in [7, 11) is 0. The van der Waals surface area contributed by atoms with Crippen LogP contribution in [0.15, 0.2) is 18.3 Å². The van der Waals surface area contributed by atoms with Crippen molar-refractivity contribution in [1.29, 1.82) is 0 Å². The number of carbonyl (C=O) groups excluding carboxylic acids is 2. The first kappa shape index (κ1) is 11.3. The van der Waals surface area contributed by atoms with E-state index in [4.69, 9.17) is 5.11 Å². The van der Waals surface area contributed by atoms with Crippen molar-refractivity contribution in [3.8, 4) is 0 Å². The van der Waals surface area contributed by atoms with Gasteiger partial charge in [-0.1, -0.05) is 0 Å². The molecule has 1 aromatic heterocycles. The molecule has 6 nitrogen and oxygen atoms in total. The van der Waals surface area contributed by atoms with Gasteiger partial charge in [-0.2, -0.15) is 0 Å². The summed E-state index contributed by atoms with van der Waals surface area (Å²) in [5.74, 6) is -1.55. The van der Waals surface area contributed by atoms with Crippen LogP contribution < -0.4 is 4.90 Å². The Balaban J connectivity index is 2.19. The molecule has 2 rings (SSSR count). The first-order valence-corrected chi connectivity index (χ1v) is 5.06. The summed E-state index contributed by atoms with van der Waals surface area (Å²) in [6, 6.07) is 3.07. The number of aromatic nitrogens is 1. The van der Waals surface area contributed by atoms with Crippen LogP contribution in [0.4, 0.5) is 5.82 Å². The molecule has 1 fully saturated rings. The minimum Gasteiger partial charge on any atom is -0.481 e. The highest BCUT2D eigenvalue weighted by molar-refractivity contribution is 5.98. The van der Waals surface area contributed by atoms with E-state index in [-0.39, 0.29) is 18.9 Å². The van der Waals surface area contributed by atoms with Gasteiger partial charge in [0.2, 0.25) is 5.91 Å². The molecule has 2 heterocycles. The number of nitrogens with zero attached hydrogens (tertiary/aromatic N) is 2. The average Bonchev–Trinajstić information content (AvgIpc) is 2.72. The molecule has 1 unspecified atom stereocenters. The molecule has 88 valence electrons. The van der Waals surface area contributed by atoms with Gasteiger partial charge in [-0.15, -0.1) is 0 Å². The molecule has 0 aliphatic carbocycles. The molecular weight excluding hydrogens is 224 g/mol. The minimum atomic E-state index is -0.981. The second-order valence-electron chi connectivity index (χ2n) is 3.81. The number of hydrogen-bond donors (Lipinski definition) is 1. The molecule has 1 saturated heterocycles. The second kappa shape index (κ2) is 4.32. The molecule has 0 saturated carbocycles. The summed E-state index contributed by atoms with van der Waals surface area (Å²) in [6.45, 7) is 0.127. The number of amides is 1. The van der Waals surface area contributed by atoms with Crippen LogP contribution in [-0.4, -0.2) is 34.8 Å². The van der Waals surface area contributed by atoms with Crippen LogP contribution in [0.1, 0.15) is 16.8 Å². The predicted octanol–water partition coefficient (Wildman–Crippen LogP) is 0.332. The first-order valence-electron chi connectivity index (χ1n) is 5.06. The summed E-state index contributed by atoms with van der Waals surface area (Å²) >= 11 is 0. The SMILES string of the molecule is O=Cc1ccc(N2CC(C(=O)O)CC2=O)nc1. The quantitative estimate of drug-likeness (QED) is 0.761. The largest absolute Gasteiger partial charge is 0.481 e. The number of anilines is 1. The molecular formula is C11H10N2O4. The number of hydrogen-bond acceptors (Lipinski definition) is 4. The van der Waals surface area contributed by atoms with E-state index in [9.17, 15) is 14.4 Å². The highest BCUT2D eigenvalue weighted by Gasteiger charge is 2.35. The van der Waals surface area contributed by atoms with Gasteiger partial charge in [-0.05, 0) is 12.1 Å². The smallest absolute Gasteiger partial charge is 0.308 e. The fourth-order valence-electron chi connectivity index (χ4n) is 1.72. The topological polar surface area (TPSA) is 87.6 Å². The van der Waals surface area contributed by atoms with Gasteiger partial charge in [0.25, 0.3) is 0 Å². The van der Waals surface area contributed by atoms with Gasteiger partial charge < -0.3 is 5.11 Å². The zero-order chi connectivity index (χ0) is 12.4. The highest BCUT2D eigenvalue weighted by atomic mass is 16.4. The summed E-state index contributed by atoms with van der Waals surface area (Å²) < 4.78 is 0. The zero-order valence-electron chi connectivity index (χ0n) is 8.87. The van der Waals surface area contributed by atoms with E-state index in [1.807, 2.05) is 0 Å². The van der Waals surface area contributed by atoms with Crippen LogP contribution in [0, 0.1) is 5.92 Å². The third-order valence-corrected chi connectivity index (χ3v) is 2.66. The molecule has 1 aromatic rings. The van der Waals surface area contributed by atoms with Crippen molar-refractivity contribution in [2.24, 2.45) is 5.92 Å². The van der Waals surface area contributed by atoms with E-state index in [0.29, 0.717) is 17.7 Å². The Bertz CT molecular complexity index is 469. The molecule has 1 atom stereocenters. The summed E-state index contributed by atoms with van der Waals surface area (Å²) in [5.41, 5.74) is 0.412. The van der Waals surface area contributed by atoms with Gasteiger partial charge in [0.15, 0.2) is 6.29 Å². The predicted molar refractivity (Wildman–Crippen MR) is 57.7 cm³/mol. The Kier molecular flexibility index (Phi) is 2.86. The number of aliphatic carboxylic acids is 1. The fourth-order valence-corrected chi connectivity index (χ4v) is 1.72. The molecule has 0 bridgehead atoms. The Morgan fingerprint density at radius 1 is 1.53 bits per heavy atom. The first-order chi connectivity index (χ1) is 8.11. The fraction of sp³-hybridized carbons (Fsp3) is 0.273. The molecule has 1 amide bonds. The van der Waals surface area contributed by atoms with E-state index in [0.717, 1.165) is 0 Å². The number of aldehydes is 1. The molecule has 0 spiro atoms. The van der Waals surface area contributed by atoms with E-state index in [1.54, 1.807) is 0 Å². The number of pyridine rings is 1. The Morgan fingerprint density at radius 2 is 2.29 bits per heavy atom. The minimum absolute atomic E-state index is 0.00749. The lowest BCUT2D eigenvalue weighted by Gasteiger charge is -2.14. The molecule has 17 heavy (non-hydrogen) atoms. The van der Waals surface area contributed by atoms with Crippen LogP contribution in [-0.2, 0) is 9.59 Å². The van der Waals surface area contributed by atoms with Crippen molar-refractivity contribution in [3.63, 3.8) is 0 Å². The third-order valence-electron chi connectivity index (χ3n) is 2.66. The third kappa shape index (κ3) is 2.15. The molecule has 0 aromatic carbocycles. The molecule has 1 N–H and O–H groups in total. The lowest BCUT2D eigenvalue weighted by Crippen LogP contribution is -2.26. The van der Waals surface area contributed by atoms with Crippen molar-refractivity contribution in [2.45, 2.75) is 6.42 Å². The van der Waals surface area contributed by atoms with Gasteiger partial charge in [0.05, 0.1) is 5.92 Å². The van der Waals surface area contributed by atoms with Crippen LogP contribution >= 0.6 is 0 Å². The van der Waals surface area contributed by atoms with Gasteiger partial charge in [0.1, 0.15) is 5.82 Å². The van der Waals surface area contributed by atoms with Gasteiger partial charge in [-0.25, -0.2) is 4.98 Å². The summed E-state index contributed by atoms with van der Waals surface area (Å²) in [6.07, 6.45) is 2.00. The zero-order valence-corrected chi connectivity index (χ0v) is 8.87. The number of carbonyl (C=O) groups is 3. The van der Waals surface area contributed by atoms with Crippen molar-refractivity contribution < 1.29 is 19.5 Å². The monoisotopic (exact) mass is 234 g/mol. The van der Waals surface area contributed by atoms with E-state index in [1.165, 1.54) is 23.2 Å². The van der Waals surface area contributed by atoms with Gasteiger partial charge >= 0.3 is 5.97 Å². The lowest BCUT2D eigenvalue weighted by molar-refractivity contribution is -0.141. The Labute approximate surface area is 96.9 Å². The number of carboxylic acid groups (broad SMARTS) is 1. The van der Waals surface area contributed by atoms with E-state index < -0.39 is 11.9 Å². The van der Waals surface area contributed by atoms with Crippen molar-refractivity contribution >= 4 is 24.0 Å². The molecule has 1 aliphatic rings. The van der Waals surface area contributed by atoms with Gasteiger partial charge in [0, 0.05) is 24.7 Å². The average molecular weight is 234 g/mol.